The molecular weight excluding hydrogens is 262 g/mol. The molecule has 104 valence electrons. The maximum atomic E-state index is 11.3. The molecule has 0 amide bonds. The number of benzene rings is 2. The number of hydrogen-bond donors (Lipinski definition) is 0. The Balaban J connectivity index is 2.48. The minimum absolute atomic E-state index is 0.385. The van der Waals surface area contributed by atoms with Gasteiger partial charge in [0, 0.05) is 6.08 Å². The number of nitrogens with zero attached hydrogens (tertiary/aromatic N) is 1. The smallest absolute Gasteiger partial charge is 0.330 e. The molecule has 2 aromatic rings. The van der Waals surface area contributed by atoms with Gasteiger partial charge in [-0.15, -0.1) is 0 Å². The molecule has 0 aromatic heterocycles. The molecule has 0 spiro atoms. The molecule has 2 aromatic carbocycles. The molecule has 0 saturated carbocycles. The van der Waals surface area contributed by atoms with E-state index in [2.05, 4.69) is 10.8 Å². The first kappa shape index (κ1) is 14.5. The number of carbonyl (C=O) groups is 1. The largest absolute Gasteiger partial charge is 0.466 e. The van der Waals surface area contributed by atoms with Gasteiger partial charge < -0.3 is 4.74 Å². The molecule has 0 saturated heterocycles. The zero-order chi connectivity index (χ0) is 15.2. The second kappa shape index (κ2) is 6.53. The minimum atomic E-state index is -0.385. The van der Waals surface area contributed by atoms with Crippen molar-refractivity contribution in [1.29, 1.82) is 5.26 Å². The van der Waals surface area contributed by atoms with Crippen LogP contribution in [0, 0.1) is 18.3 Å². The number of ether oxygens (including phenoxy) is 1. The number of methoxy groups -OCH3 is 1. The van der Waals surface area contributed by atoms with E-state index in [1.807, 2.05) is 37.3 Å². The standard InChI is InChI=1S/C18H15NO2/c1-13-4-3-5-17(16(13)10-11-18(20)21-2)15-8-6-14(12-19)7-9-15/h3-11H,1-2H3/b11-10+. The highest BCUT2D eigenvalue weighted by Gasteiger charge is 2.06. The maximum Gasteiger partial charge on any atom is 0.330 e. The van der Waals surface area contributed by atoms with E-state index in [0.29, 0.717) is 5.56 Å². The first-order chi connectivity index (χ1) is 10.2. The van der Waals surface area contributed by atoms with Gasteiger partial charge in [0.25, 0.3) is 0 Å². The van der Waals surface area contributed by atoms with Gasteiger partial charge in [0.2, 0.25) is 0 Å². The molecule has 0 heterocycles. The molecule has 0 unspecified atom stereocenters. The molecular formula is C18H15NO2. The Morgan fingerprint density at radius 2 is 1.90 bits per heavy atom. The van der Waals surface area contributed by atoms with E-state index >= 15 is 0 Å². The lowest BCUT2D eigenvalue weighted by Crippen LogP contribution is -1.94. The van der Waals surface area contributed by atoms with Crippen molar-refractivity contribution >= 4 is 12.0 Å². The molecule has 3 heteroatoms. The highest BCUT2D eigenvalue weighted by molar-refractivity contribution is 5.89. The Bertz CT molecular complexity index is 722. The Morgan fingerprint density at radius 3 is 2.52 bits per heavy atom. The lowest BCUT2D eigenvalue weighted by molar-refractivity contribution is -0.134. The van der Waals surface area contributed by atoms with Crippen LogP contribution in [-0.2, 0) is 9.53 Å². The summed E-state index contributed by atoms with van der Waals surface area (Å²) >= 11 is 0. The molecule has 21 heavy (non-hydrogen) atoms. The van der Waals surface area contributed by atoms with Crippen LogP contribution in [0.15, 0.2) is 48.5 Å². The van der Waals surface area contributed by atoms with E-state index in [1.54, 1.807) is 18.2 Å². The third kappa shape index (κ3) is 3.37. The zero-order valence-corrected chi connectivity index (χ0v) is 12.0. The Labute approximate surface area is 124 Å². The van der Waals surface area contributed by atoms with E-state index in [4.69, 9.17) is 5.26 Å². The van der Waals surface area contributed by atoms with Crippen molar-refractivity contribution in [3.63, 3.8) is 0 Å². The lowest BCUT2D eigenvalue weighted by Gasteiger charge is -2.09. The van der Waals surface area contributed by atoms with Gasteiger partial charge in [-0.3, -0.25) is 0 Å². The molecule has 2 rings (SSSR count). The van der Waals surface area contributed by atoms with Crippen molar-refractivity contribution < 1.29 is 9.53 Å². The highest BCUT2D eigenvalue weighted by Crippen LogP contribution is 2.27. The summed E-state index contributed by atoms with van der Waals surface area (Å²) in [7, 11) is 1.35. The molecule has 0 fully saturated rings. The lowest BCUT2D eigenvalue weighted by atomic mass is 9.95. The number of aryl methyl sites for hydroxylation is 1. The van der Waals surface area contributed by atoms with Crippen LogP contribution in [0.4, 0.5) is 0 Å². The summed E-state index contributed by atoms with van der Waals surface area (Å²) in [5, 5.41) is 8.86. The first-order valence-corrected chi connectivity index (χ1v) is 6.52. The zero-order valence-electron chi connectivity index (χ0n) is 12.0. The quantitative estimate of drug-likeness (QED) is 0.634. The van der Waals surface area contributed by atoms with Gasteiger partial charge in [0.15, 0.2) is 0 Å². The summed E-state index contributed by atoms with van der Waals surface area (Å²) in [6.45, 7) is 1.99. The molecule has 0 aliphatic heterocycles. The fourth-order valence-electron chi connectivity index (χ4n) is 2.10. The van der Waals surface area contributed by atoms with Crippen molar-refractivity contribution in [2.45, 2.75) is 6.92 Å². The summed E-state index contributed by atoms with van der Waals surface area (Å²) in [6.07, 6.45) is 3.17. The van der Waals surface area contributed by atoms with E-state index in [-0.39, 0.29) is 5.97 Å². The average Bonchev–Trinajstić information content (AvgIpc) is 2.53. The summed E-state index contributed by atoms with van der Waals surface area (Å²) in [5.74, 6) is -0.385. The third-order valence-electron chi connectivity index (χ3n) is 3.24. The Morgan fingerprint density at radius 1 is 1.19 bits per heavy atom. The van der Waals surface area contributed by atoms with Crippen LogP contribution in [-0.4, -0.2) is 13.1 Å². The van der Waals surface area contributed by atoms with Crippen LogP contribution >= 0.6 is 0 Å². The predicted molar refractivity (Wildman–Crippen MR) is 82.4 cm³/mol. The van der Waals surface area contributed by atoms with Crippen molar-refractivity contribution in [3.8, 4) is 17.2 Å². The molecule has 0 radical (unpaired) electrons. The van der Waals surface area contributed by atoms with Gasteiger partial charge in [0.05, 0.1) is 18.7 Å². The van der Waals surface area contributed by atoms with E-state index < -0.39 is 0 Å². The molecule has 0 bridgehead atoms. The second-order valence-corrected chi connectivity index (χ2v) is 4.58. The van der Waals surface area contributed by atoms with Crippen LogP contribution < -0.4 is 0 Å². The number of rotatable bonds is 3. The van der Waals surface area contributed by atoms with Crippen LogP contribution in [0.3, 0.4) is 0 Å². The molecule has 0 aliphatic carbocycles. The Hall–Kier alpha value is -2.86. The van der Waals surface area contributed by atoms with E-state index in [1.165, 1.54) is 13.2 Å². The summed E-state index contributed by atoms with van der Waals surface area (Å²) in [6, 6.07) is 15.4. The number of carbonyl (C=O) groups excluding carboxylic acids is 1. The fraction of sp³-hybridized carbons (Fsp3) is 0.111. The Kier molecular flexibility index (Phi) is 4.53. The summed E-state index contributed by atoms with van der Waals surface area (Å²) in [4.78, 5) is 11.3. The molecule has 0 atom stereocenters. The molecule has 0 aliphatic rings. The van der Waals surface area contributed by atoms with E-state index in [9.17, 15) is 4.79 Å². The summed E-state index contributed by atoms with van der Waals surface area (Å²) in [5.41, 5.74) is 4.67. The highest BCUT2D eigenvalue weighted by atomic mass is 16.5. The van der Waals surface area contributed by atoms with Crippen LogP contribution in [0.5, 0.6) is 0 Å². The fourth-order valence-corrected chi connectivity index (χ4v) is 2.10. The van der Waals surface area contributed by atoms with Crippen LogP contribution in [0.2, 0.25) is 0 Å². The minimum Gasteiger partial charge on any atom is -0.466 e. The van der Waals surface area contributed by atoms with Gasteiger partial charge in [-0.1, -0.05) is 30.3 Å². The van der Waals surface area contributed by atoms with Gasteiger partial charge in [0.1, 0.15) is 0 Å². The monoisotopic (exact) mass is 277 g/mol. The van der Waals surface area contributed by atoms with Gasteiger partial charge in [-0.25, -0.2) is 4.79 Å². The van der Waals surface area contributed by atoms with Crippen molar-refractivity contribution in [2.75, 3.05) is 7.11 Å². The number of nitriles is 1. The summed E-state index contributed by atoms with van der Waals surface area (Å²) < 4.78 is 4.63. The van der Waals surface area contributed by atoms with Crippen molar-refractivity contribution in [1.82, 2.24) is 0 Å². The topological polar surface area (TPSA) is 50.1 Å². The third-order valence-corrected chi connectivity index (χ3v) is 3.24. The van der Waals surface area contributed by atoms with Crippen LogP contribution in [0.1, 0.15) is 16.7 Å². The SMILES string of the molecule is COC(=O)/C=C/c1c(C)cccc1-c1ccc(C#N)cc1. The average molecular weight is 277 g/mol. The van der Waals surface area contributed by atoms with Crippen molar-refractivity contribution in [2.24, 2.45) is 0 Å². The van der Waals surface area contributed by atoms with Gasteiger partial charge in [-0.05, 0) is 47.4 Å². The van der Waals surface area contributed by atoms with E-state index in [0.717, 1.165) is 22.3 Å². The van der Waals surface area contributed by atoms with Crippen LogP contribution in [0.25, 0.3) is 17.2 Å². The second-order valence-electron chi connectivity index (χ2n) is 4.58. The number of hydrogen-bond acceptors (Lipinski definition) is 3. The molecule has 3 nitrogen and oxygen atoms in total. The number of esters is 1. The normalized spacial score (nSPS) is 10.3. The molecule has 0 N–H and O–H groups in total. The van der Waals surface area contributed by atoms with Crippen molar-refractivity contribution in [3.05, 3.63) is 65.2 Å². The van der Waals surface area contributed by atoms with Gasteiger partial charge >= 0.3 is 5.97 Å². The van der Waals surface area contributed by atoms with Gasteiger partial charge in [-0.2, -0.15) is 5.26 Å². The predicted octanol–water partition coefficient (Wildman–Crippen LogP) is 3.72. The maximum absolute atomic E-state index is 11.3. The first-order valence-electron chi connectivity index (χ1n) is 6.52.